The molecule has 5 rings (SSSR count). The van der Waals surface area contributed by atoms with Crippen LogP contribution in [-0.4, -0.2) is 67.3 Å². The Kier molecular flexibility index (Phi) is 6.65. The molecule has 8 nitrogen and oxygen atoms in total. The highest BCUT2D eigenvalue weighted by atomic mass is 16.5. The van der Waals surface area contributed by atoms with Gasteiger partial charge < -0.3 is 24.0 Å². The summed E-state index contributed by atoms with van der Waals surface area (Å²) in [4.78, 5) is 23.9. The van der Waals surface area contributed by atoms with Crippen molar-refractivity contribution in [2.45, 2.75) is 25.7 Å². The zero-order valence-electron chi connectivity index (χ0n) is 19.7. The van der Waals surface area contributed by atoms with Crippen LogP contribution in [0.1, 0.15) is 25.2 Å². The van der Waals surface area contributed by atoms with Gasteiger partial charge in [0.1, 0.15) is 5.75 Å². The van der Waals surface area contributed by atoms with Crippen LogP contribution in [0.15, 0.2) is 53.1 Å². The summed E-state index contributed by atoms with van der Waals surface area (Å²) in [5.74, 6) is 2.04. The topological polar surface area (TPSA) is 74.9 Å². The first-order valence-electron chi connectivity index (χ1n) is 12.0. The van der Waals surface area contributed by atoms with Gasteiger partial charge in [0.15, 0.2) is 0 Å². The average molecular weight is 462 g/mol. The third-order valence-electron chi connectivity index (χ3n) is 6.67. The van der Waals surface area contributed by atoms with Crippen LogP contribution in [0.5, 0.6) is 5.75 Å². The van der Waals surface area contributed by atoms with E-state index in [1.807, 2.05) is 35.2 Å². The van der Waals surface area contributed by atoms with Gasteiger partial charge in [-0.1, -0.05) is 11.2 Å². The monoisotopic (exact) mass is 461 g/mol. The number of hydrogen-bond acceptors (Lipinski definition) is 7. The smallest absolute Gasteiger partial charge is 0.227 e. The van der Waals surface area contributed by atoms with Gasteiger partial charge in [0.25, 0.3) is 0 Å². The van der Waals surface area contributed by atoms with E-state index < -0.39 is 0 Å². The van der Waals surface area contributed by atoms with Crippen LogP contribution in [0.4, 0.5) is 11.4 Å². The van der Waals surface area contributed by atoms with Crippen molar-refractivity contribution < 1.29 is 14.1 Å². The van der Waals surface area contributed by atoms with E-state index in [1.165, 1.54) is 18.5 Å². The van der Waals surface area contributed by atoms with Gasteiger partial charge in [-0.25, -0.2) is 0 Å². The van der Waals surface area contributed by atoms with Crippen molar-refractivity contribution in [3.05, 3.63) is 54.4 Å². The molecular weight excluding hydrogens is 430 g/mol. The molecule has 3 aromatic rings. The minimum atomic E-state index is 0.125. The predicted octanol–water partition coefficient (Wildman–Crippen LogP) is 3.63. The second kappa shape index (κ2) is 10.2. The standard InChI is InChI=1S/C26H31N5O3/c1-33-23-6-4-5-22(19-23)30-15-17-31(18-16-30)25(32)12-11-24-27-26(28-34-24)20-7-9-21(10-8-20)29-13-2-3-14-29/h4-10,19H,2-3,11-18H2,1H3. The number of carbonyl (C=O) groups excluding carboxylic acids is 1. The lowest BCUT2D eigenvalue weighted by molar-refractivity contribution is -0.131. The van der Waals surface area contributed by atoms with Crippen molar-refractivity contribution in [3.8, 4) is 17.1 Å². The van der Waals surface area contributed by atoms with Crippen LogP contribution in [-0.2, 0) is 11.2 Å². The van der Waals surface area contributed by atoms with Gasteiger partial charge >= 0.3 is 0 Å². The number of piperazine rings is 1. The lowest BCUT2D eigenvalue weighted by Crippen LogP contribution is -2.48. The number of amides is 1. The molecule has 2 saturated heterocycles. The molecule has 2 aliphatic heterocycles. The highest BCUT2D eigenvalue weighted by molar-refractivity contribution is 5.76. The van der Waals surface area contributed by atoms with Crippen molar-refractivity contribution in [1.82, 2.24) is 15.0 Å². The maximum absolute atomic E-state index is 12.7. The van der Waals surface area contributed by atoms with E-state index in [2.05, 4.69) is 38.1 Å². The number of anilines is 2. The SMILES string of the molecule is COc1cccc(N2CCN(C(=O)CCc3nc(-c4ccc(N5CCCC5)cc4)no3)CC2)c1. The normalized spacial score (nSPS) is 16.2. The molecule has 3 heterocycles. The molecule has 8 heteroatoms. The van der Waals surface area contributed by atoms with Crippen LogP contribution >= 0.6 is 0 Å². The molecule has 0 aliphatic carbocycles. The maximum Gasteiger partial charge on any atom is 0.227 e. The van der Waals surface area contributed by atoms with Gasteiger partial charge in [-0.2, -0.15) is 4.98 Å². The lowest BCUT2D eigenvalue weighted by atomic mass is 10.2. The highest BCUT2D eigenvalue weighted by Crippen LogP contribution is 2.25. The van der Waals surface area contributed by atoms with E-state index in [0.29, 0.717) is 37.6 Å². The van der Waals surface area contributed by atoms with Crippen LogP contribution in [0.2, 0.25) is 0 Å². The largest absolute Gasteiger partial charge is 0.497 e. The van der Waals surface area contributed by atoms with E-state index in [0.717, 1.165) is 43.2 Å². The average Bonchev–Trinajstić information content (AvgIpc) is 3.60. The fourth-order valence-corrected chi connectivity index (χ4v) is 4.66. The van der Waals surface area contributed by atoms with Gasteiger partial charge in [-0.15, -0.1) is 0 Å². The minimum Gasteiger partial charge on any atom is -0.497 e. The number of aromatic nitrogens is 2. The Balaban J connectivity index is 1.11. The second-order valence-corrected chi connectivity index (χ2v) is 8.82. The molecule has 0 unspecified atom stereocenters. The van der Waals surface area contributed by atoms with Crippen molar-refractivity contribution >= 4 is 17.3 Å². The Hall–Kier alpha value is -3.55. The number of benzene rings is 2. The Morgan fingerprint density at radius 2 is 1.68 bits per heavy atom. The summed E-state index contributed by atoms with van der Waals surface area (Å²) in [5, 5.41) is 4.12. The molecule has 34 heavy (non-hydrogen) atoms. The number of carbonyl (C=O) groups is 1. The van der Waals surface area contributed by atoms with Crippen LogP contribution in [0.25, 0.3) is 11.4 Å². The number of aryl methyl sites for hydroxylation is 1. The first-order valence-corrected chi connectivity index (χ1v) is 12.0. The summed E-state index contributed by atoms with van der Waals surface area (Å²) < 4.78 is 10.7. The van der Waals surface area contributed by atoms with Gasteiger partial charge in [0, 0.05) is 75.1 Å². The quantitative estimate of drug-likeness (QED) is 0.532. The van der Waals surface area contributed by atoms with Crippen molar-refractivity contribution in [2.24, 2.45) is 0 Å². The number of ether oxygens (including phenoxy) is 1. The fraction of sp³-hybridized carbons (Fsp3) is 0.423. The number of rotatable bonds is 7. The molecule has 1 aromatic heterocycles. The molecule has 0 atom stereocenters. The van der Waals surface area contributed by atoms with E-state index in [9.17, 15) is 4.79 Å². The van der Waals surface area contributed by atoms with E-state index in [-0.39, 0.29) is 5.91 Å². The molecule has 0 radical (unpaired) electrons. The minimum absolute atomic E-state index is 0.125. The first-order chi connectivity index (χ1) is 16.7. The lowest BCUT2D eigenvalue weighted by Gasteiger charge is -2.36. The van der Waals surface area contributed by atoms with E-state index in [4.69, 9.17) is 9.26 Å². The zero-order valence-corrected chi connectivity index (χ0v) is 19.7. The third-order valence-corrected chi connectivity index (χ3v) is 6.67. The maximum atomic E-state index is 12.7. The molecule has 0 spiro atoms. The highest BCUT2D eigenvalue weighted by Gasteiger charge is 2.22. The number of methoxy groups -OCH3 is 1. The van der Waals surface area contributed by atoms with Crippen LogP contribution in [0.3, 0.4) is 0 Å². The summed E-state index contributed by atoms with van der Waals surface area (Å²) in [6, 6.07) is 16.3. The van der Waals surface area contributed by atoms with Crippen molar-refractivity contribution in [1.29, 1.82) is 0 Å². The summed E-state index contributed by atoms with van der Waals surface area (Å²) >= 11 is 0. The molecule has 178 valence electrons. The number of nitrogens with zero attached hydrogens (tertiary/aromatic N) is 5. The molecule has 1 amide bonds. The second-order valence-electron chi connectivity index (χ2n) is 8.82. The van der Waals surface area contributed by atoms with Gasteiger partial charge in [0.05, 0.1) is 7.11 Å². The van der Waals surface area contributed by atoms with E-state index in [1.54, 1.807) is 7.11 Å². The van der Waals surface area contributed by atoms with Gasteiger partial charge in [-0.05, 0) is 49.2 Å². The molecule has 0 bridgehead atoms. The van der Waals surface area contributed by atoms with Gasteiger partial charge in [-0.3, -0.25) is 4.79 Å². The molecule has 0 N–H and O–H groups in total. The zero-order chi connectivity index (χ0) is 23.3. The Morgan fingerprint density at radius 3 is 2.41 bits per heavy atom. The molecular formula is C26H31N5O3. The summed E-state index contributed by atoms with van der Waals surface area (Å²) in [6.45, 7) is 5.25. The molecule has 2 aromatic carbocycles. The van der Waals surface area contributed by atoms with Crippen LogP contribution in [0, 0.1) is 0 Å². The van der Waals surface area contributed by atoms with Crippen molar-refractivity contribution in [2.75, 3.05) is 56.2 Å². The van der Waals surface area contributed by atoms with E-state index >= 15 is 0 Å². The summed E-state index contributed by atoms with van der Waals surface area (Å²) in [5.41, 5.74) is 3.29. The Bertz CT molecular complexity index is 1100. The summed E-state index contributed by atoms with van der Waals surface area (Å²) in [7, 11) is 1.67. The Morgan fingerprint density at radius 1 is 0.941 bits per heavy atom. The molecule has 2 fully saturated rings. The van der Waals surface area contributed by atoms with Crippen LogP contribution < -0.4 is 14.5 Å². The third kappa shape index (κ3) is 5.00. The van der Waals surface area contributed by atoms with Crippen molar-refractivity contribution in [3.63, 3.8) is 0 Å². The first kappa shape index (κ1) is 22.3. The predicted molar refractivity (Wildman–Crippen MR) is 131 cm³/mol. The number of hydrogen-bond donors (Lipinski definition) is 0. The fourth-order valence-electron chi connectivity index (χ4n) is 4.66. The summed E-state index contributed by atoms with van der Waals surface area (Å²) in [6.07, 6.45) is 3.34. The molecule has 2 aliphatic rings. The Labute approximate surface area is 200 Å². The molecule has 0 saturated carbocycles. The van der Waals surface area contributed by atoms with Gasteiger partial charge in [0.2, 0.25) is 17.6 Å².